The van der Waals surface area contributed by atoms with Gasteiger partial charge in [-0.2, -0.15) is 0 Å². The fourth-order valence-corrected chi connectivity index (χ4v) is 9.10. The van der Waals surface area contributed by atoms with Crippen LogP contribution >= 0.6 is 11.6 Å². The molecule has 53 heavy (non-hydrogen) atoms. The lowest BCUT2D eigenvalue weighted by Crippen LogP contribution is -2.56. The summed E-state index contributed by atoms with van der Waals surface area (Å²) in [6, 6.07) is 19.5. The van der Waals surface area contributed by atoms with Gasteiger partial charge in [-0.15, -0.1) is 0 Å². The van der Waals surface area contributed by atoms with Crippen molar-refractivity contribution in [2.24, 2.45) is 5.41 Å². The molecule has 1 saturated heterocycles. The molecule has 1 aliphatic heterocycles. The first-order chi connectivity index (χ1) is 25.4. The van der Waals surface area contributed by atoms with Crippen molar-refractivity contribution in [3.8, 4) is 0 Å². The Hall–Kier alpha value is -3.56. The molecule has 9 heteroatoms. The molecular weight excluding hydrogens is 691 g/mol. The van der Waals surface area contributed by atoms with Gasteiger partial charge < -0.3 is 25.2 Å². The molecule has 2 fully saturated rings. The van der Waals surface area contributed by atoms with Crippen LogP contribution in [0, 0.1) is 11.2 Å². The van der Waals surface area contributed by atoms with Crippen molar-refractivity contribution in [2.45, 2.75) is 115 Å². The molecule has 7 nitrogen and oxygen atoms in total. The zero-order valence-corrected chi connectivity index (χ0v) is 32.0. The van der Waals surface area contributed by atoms with Crippen molar-refractivity contribution in [1.82, 2.24) is 10.2 Å². The van der Waals surface area contributed by atoms with Crippen LogP contribution in [-0.2, 0) is 17.6 Å². The van der Waals surface area contributed by atoms with Gasteiger partial charge in [0.2, 0.25) is 0 Å². The zero-order chi connectivity index (χ0) is 37.8. The van der Waals surface area contributed by atoms with E-state index in [-0.39, 0.29) is 53.4 Å². The highest BCUT2D eigenvalue weighted by Crippen LogP contribution is 2.59. The normalized spacial score (nSPS) is 26.7. The number of ketones is 1. The van der Waals surface area contributed by atoms with Crippen LogP contribution in [0.3, 0.4) is 0 Å². The lowest BCUT2D eigenvalue weighted by molar-refractivity contribution is -0.0808. The molecule has 4 aliphatic rings. The van der Waals surface area contributed by atoms with Crippen LogP contribution in [0.15, 0.2) is 78.4 Å². The number of hydrogen-bond donors (Lipinski definition) is 3. The average molecular weight is 745 g/mol. The van der Waals surface area contributed by atoms with E-state index in [1.807, 2.05) is 55.5 Å². The van der Waals surface area contributed by atoms with Crippen molar-refractivity contribution in [3.63, 3.8) is 0 Å². The second kappa shape index (κ2) is 16.8. The molecule has 6 atom stereocenters. The number of nitrogens with zero attached hydrogens (tertiary/aromatic N) is 1. The molecule has 0 aromatic heterocycles. The summed E-state index contributed by atoms with van der Waals surface area (Å²) in [6.45, 7) is 7.26. The van der Waals surface area contributed by atoms with Crippen molar-refractivity contribution >= 4 is 23.4 Å². The molecule has 2 bridgehead atoms. The van der Waals surface area contributed by atoms with E-state index in [1.54, 1.807) is 11.0 Å². The molecule has 2 amide bonds. The van der Waals surface area contributed by atoms with Gasteiger partial charge in [0.25, 0.3) is 0 Å². The van der Waals surface area contributed by atoms with Gasteiger partial charge in [0.05, 0.1) is 30.4 Å². The predicted octanol–water partition coefficient (Wildman–Crippen LogP) is 8.89. The predicted molar refractivity (Wildman–Crippen MR) is 207 cm³/mol. The monoisotopic (exact) mass is 744 g/mol. The number of halogens is 2. The largest absolute Gasteiger partial charge is 0.393 e. The fourth-order valence-electron chi connectivity index (χ4n) is 8.87. The molecule has 3 aromatic carbocycles. The molecule has 1 saturated carbocycles. The first-order valence-electron chi connectivity index (χ1n) is 19.2. The summed E-state index contributed by atoms with van der Waals surface area (Å²) in [5.74, 6) is -1.04. The highest BCUT2D eigenvalue weighted by Gasteiger charge is 2.58. The Balaban J connectivity index is 1.38. The Kier molecular flexibility index (Phi) is 12.4. The quantitative estimate of drug-likeness (QED) is 0.150. The van der Waals surface area contributed by atoms with Gasteiger partial charge in [0, 0.05) is 41.1 Å². The van der Waals surface area contributed by atoms with Gasteiger partial charge in [-0.3, -0.25) is 4.79 Å². The zero-order valence-electron chi connectivity index (χ0n) is 31.3. The number of rotatable bonds is 9. The number of allylic oxidation sites excluding steroid dienone is 2. The van der Waals surface area contributed by atoms with Crippen LogP contribution in [0.4, 0.5) is 9.18 Å². The summed E-state index contributed by atoms with van der Waals surface area (Å²) in [4.78, 5) is 30.2. The van der Waals surface area contributed by atoms with Crippen LogP contribution in [-0.4, -0.2) is 64.4 Å². The van der Waals surface area contributed by atoms with E-state index in [1.165, 1.54) is 17.7 Å². The fraction of sp³-hybridized carbons (Fsp3) is 0.500. The van der Waals surface area contributed by atoms with E-state index in [4.69, 9.17) is 16.3 Å². The Morgan fingerprint density at radius 3 is 2.60 bits per heavy atom. The van der Waals surface area contributed by atoms with Gasteiger partial charge in [-0.05, 0) is 112 Å². The van der Waals surface area contributed by atoms with E-state index < -0.39 is 22.9 Å². The Morgan fingerprint density at radius 2 is 1.87 bits per heavy atom. The smallest absolute Gasteiger partial charge is 0.318 e. The number of carbonyl (C=O) groups excluding carboxylic acids is 2. The summed E-state index contributed by atoms with van der Waals surface area (Å²) in [6.07, 6.45) is 7.07. The van der Waals surface area contributed by atoms with E-state index >= 15 is 0 Å². The standard InChI is InChI=1S/C44H54ClFN2O5/c1-29-10-8-21-43(3)38(35-19-17-31(24-33(49)18-16-29)25-36(35)41(50)26-37-39(45)14-7-15-40(37)46)20-22-44(43,52)28-48(27-34-13-9-23-53-34)42(51)47-30(2)32-11-5-4-6-12-32/h4-7,10-12,14-15,17,19,25,30,33-34,38,49,52H,8-9,13,16,18,20-24,26-28H2,1-3H3,(H,47,51)/t30-,33+,34-,38+,43+,44-/m1/s1. The number of Topliss-reactive ketones (excluding diaryl/α,β-unsaturated/α-hetero) is 1. The number of hydrogen-bond acceptors (Lipinski definition) is 5. The van der Waals surface area contributed by atoms with Crippen molar-refractivity contribution in [1.29, 1.82) is 0 Å². The van der Waals surface area contributed by atoms with Gasteiger partial charge in [0.1, 0.15) is 5.82 Å². The molecule has 0 unspecified atom stereocenters. The van der Waals surface area contributed by atoms with Crippen molar-refractivity contribution < 1.29 is 28.9 Å². The molecule has 3 aromatic rings. The maximum Gasteiger partial charge on any atom is 0.318 e. The minimum Gasteiger partial charge on any atom is -0.393 e. The third-order valence-corrected chi connectivity index (χ3v) is 12.6. The lowest BCUT2D eigenvalue weighted by atomic mass is 9.64. The van der Waals surface area contributed by atoms with Crippen LogP contribution in [0.5, 0.6) is 0 Å². The molecule has 3 aliphatic carbocycles. The van der Waals surface area contributed by atoms with Gasteiger partial charge >= 0.3 is 6.03 Å². The SMILES string of the molecule is CC1=CCC[C@@]2(C)[C@@H](CC[C@@]2(O)CN(C[C@H]2CCCO2)C(=O)N[C@H](C)c2ccccc2)c2ccc(cc2C(=O)Cc2c(F)cccc2Cl)C[C@@H](O)CC1. The number of amides is 2. The summed E-state index contributed by atoms with van der Waals surface area (Å²) >= 11 is 6.40. The first kappa shape index (κ1) is 39.1. The van der Waals surface area contributed by atoms with E-state index in [9.17, 15) is 24.2 Å². The number of ether oxygens (including phenoxy) is 1. The molecule has 0 radical (unpaired) electrons. The summed E-state index contributed by atoms with van der Waals surface area (Å²) < 4.78 is 21.0. The number of nitrogens with one attached hydrogen (secondary N) is 1. The Morgan fingerprint density at radius 1 is 1.08 bits per heavy atom. The Bertz CT molecular complexity index is 1780. The maximum atomic E-state index is 15.0. The highest BCUT2D eigenvalue weighted by atomic mass is 35.5. The molecule has 3 N–H and O–H groups in total. The minimum absolute atomic E-state index is 0.105. The third kappa shape index (κ3) is 8.88. The van der Waals surface area contributed by atoms with Crippen LogP contribution < -0.4 is 5.32 Å². The number of fused-ring (bicyclic) bond motifs is 8. The van der Waals surface area contributed by atoms with Gasteiger partial charge in [-0.1, -0.05) is 78.7 Å². The molecule has 284 valence electrons. The molecular formula is C44H54ClFN2O5. The number of benzene rings is 3. The molecule has 7 rings (SSSR count). The number of carbonyl (C=O) groups is 2. The second-order valence-corrected chi connectivity index (χ2v) is 16.3. The lowest BCUT2D eigenvalue weighted by Gasteiger charge is -2.46. The van der Waals surface area contributed by atoms with Crippen molar-refractivity contribution in [2.75, 3.05) is 19.7 Å². The summed E-state index contributed by atoms with van der Waals surface area (Å²) in [7, 11) is 0. The van der Waals surface area contributed by atoms with E-state index in [2.05, 4.69) is 25.2 Å². The Labute approximate surface area is 318 Å². The summed E-state index contributed by atoms with van der Waals surface area (Å²) in [5, 5.41) is 27.4. The second-order valence-electron chi connectivity index (χ2n) is 15.8. The van der Waals surface area contributed by atoms with Gasteiger partial charge in [-0.25, -0.2) is 9.18 Å². The maximum absolute atomic E-state index is 15.0. The first-order valence-corrected chi connectivity index (χ1v) is 19.6. The topological polar surface area (TPSA) is 99.1 Å². The third-order valence-electron chi connectivity index (χ3n) is 12.2. The number of aliphatic hydroxyl groups excluding tert-OH is 1. The van der Waals surface area contributed by atoms with Crippen LogP contribution in [0.25, 0.3) is 0 Å². The van der Waals surface area contributed by atoms with Gasteiger partial charge in [0.15, 0.2) is 5.78 Å². The van der Waals surface area contributed by atoms with Crippen LogP contribution in [0.1, 0.15) is 117 Å². The molecule has 1 heterocycles. The highest BCUT2D eigenvalue weighted by molar-refractivity contribution is 6.31. The molecule has 0 spiro atoms. The van der Waals surface area contributed by atoms with Crippen LogP contribution in [0.2, 0.25) is 5.02 Å². The minimum atomic E-state index is -1.30. The number of aliphatic hydroxyl groups is 2. The average Bonchev–Trinajstić information content (AvgIpc) is 3.74. The van der Waals surface area contributed by atoms with E-state index in [0.717, 1.165) is 36.0 Å². The number of urea groups is 1. The van der Waals surface area contributed by atoms with Crippen molar-refractivity contribution in [3.05, 3.63) is 117 Å². The van der Waals surface area contributed by atoms with E-state index in [0.29, 0.717) is 57.2 Å². The summed E-state index contributed by atoms with van der Waals surface area (Å²) in [5.41, 5.74) is 2.35.